The lowest BCUT2D eigenvalue weighted by molar-refractivity contribution is -0.156. The van der Waals surface area contributed by atoms with Crippen LogP contribution < -0.4 is 11.1 Å². The van der Waals surface area contributed by atoms with Crippen molar-refractivity contribution < 1.29 is 34.2 Å². The molecule has 0 aromatic carbocycles. The van der Waals surface area contributed by atoms with Crippen molar-refractivity contribution in [3.8, 4) is 0 Å². The van der Waals surface area contributed by atoms with Crippen LogP contribution >= 0.6 is 23.1 Å². The number of hydrogen-bond acceptors (Lipinski definition) is 11. The molecule has 2 saturated heterocycles. The van der Waals surface area contributed by atoms with Gasteiger partial charge in [0.05, 0.1) is 0 Å². The molecule has 178 valence electrons. The Morgan fingerprint density at radius 2 is 2.21 bits per heavy atom. The fourth-order valence-electron chi connectivity index (χ4n) is 3.24. The van der Waals surface area contributed by atoms with E-state index in [9.17, 15) is 29.5 Å². The molecule has 3 atom stereocenters. The van der Waals surface area contributed by atoms with Crippen molar-refractivity contribution in [3.63, 3.8) is 0 Å². The molecule has 5 N–H and O–H groups in total. The van der Waals surface area contributed by atoms with E-state index in [-0.39, 0.29) is 35.4 Å². The molecule has 0 radical (unpaired) electrons. The maximum atomic E-state index is 12.7. The lowest BCUT2D eigenvalue weighted by Crippen LogP contribution is -2.73. The molecule has 0 spiro atoms. The SMILES string of the molecule is CN(C)C(=O)OCC=CC1(C(=O)O)CS[C@@H]2C(NC(=O)C(=NO)c3csc(N)n3)C(=O)N2C1. The van der Waals surface area contributed by atoms with Gasteiger partial charge in [0.15, 0.2) is 10.8 Å². The molecule has 0 saturated carbocycles. The maximum Gasteiger partial charge on any atom is 0.409 e. The number of carbonyl (C=O) groups is 4. The van der Waals surface area contributed by atoms with E-state index in [0.717, 1.165) is 11.3 Å². The number of ether oxygens (including phenoxy) is 1. The molecule has 0 bridgehead atoms. The summed E-state index contributed by atoms with van der Waals surface area (Å²) >= 11 is 2.26. The molecule has 2 aliphatic rings. The number of rotatable bonds is 7. The molecule has 3 amide bonds. The van der Waals surface area contributed by atoms with Gasteiger partial charge < -0.3 is 35.9 Å². The van der Waals surface area contributed by atoms with Crippen molar-refractivity contribution in [3.05, 3.63) is 23.2 Å². The molecule has 2 aliphatic heterocycles. The van der Waals surface area contributed by atoms with Gasteiger partial charge >= 0.3 is 12.1 Å². The molecular weight excluding hydrogens is 476 g/mol. The van der Waals surface area contributed by atoms with E-state index >= 15 is 0 Å². The number of carboxylic acid groups (broad SMARTS) is 1. The summed E-state index contributed by atoms with van der Waals surface area (Å²) in [5, 5.41) is 25.6. The minimum Gasteiger partial charge on any atom is -0.481 e. The molecule has 1 aromatic heterocycles. The smallest absolute Gasteiger partial charge is 0.409 e. The summed E-state index contributed by atoms with van der Waals surface area (Å²) in [5.74, 6) is -2.27. The second-order valence-electron chi connectivity index (χ2n) is 7.47. The fourth-order valence-corrected chi connectivity index (χ4v) is 5.30. The van der Waals surface area contributed by atoms with Crippen LogP contribution in [-0.2, 0) is 19.1 Å². The number of thiazole rings is 1. The highest BCUT2D eigenvalue weighted by Gasteiger charge is 2.56. The lowest BCUT2D eigenvalue weighted by atomic mass is 9.86. The van der Waals surface area contributed by atoms with Gasteiger partial charge in [-0.15, -0.1) is 23.1 Å². The number of aromatic nitrogens is 1. The molecule has 3 rings (SSSR count). The zero-order valence-electron chi connectivity index (χ0n) is 17.6. The zero-order chi connectivity index (χ0) is 24.3. The Bertz CT molecular complexity index is 1030. The Labute approximate surface area is 196 Å². The molecule has 15 heteroatoms. The Kier molecular flexibility index (Phi) is 7.12. The highest BCUT2D eigenvalue weighted by Crippen LogP contribution is 2.43. The van der Waals surface area contributed by atoms with Crippen LogP contribution in [0.4, 0.5) is 9.93 Å². The molecule has 3 heterocycles. The van der Waals surface area contributed by atoms with E-state index in [1.165, 1.54) is 53.2 Å². The van der Waals surface area contributed by atoms with E-state index in [2.05, 4.69) is 15.5 Å². The summed E-state index contributed by atoms with van der Waals surface area (Å²) in [5.41, 5.74) is 3.85. The third-order valence-electron chi connectivity index (χ3n) is 5.00. The van der Waals surface area contributed by atoms with Gasteiger partial charge in [0.25, 0.3) is 5.91 Å². The van der Waals surface area contributed by atoms with Gasteiger partial charge in [-0.05, 0) is 6.08 Å². The number of thioether (sulfide) groups is 1. The molecule has 2 unspecified atom stereocenters. The Morgan fingerprint density at radius 3 is 2.79 bits per heavy atom. The predicted molar refractivity (Wildman–Crippen MR) is 119 cm³/mol. The monoisotopic (exact) mass is 498 g/mol. The number of β-lactam (4-membered cyclic amide) rings is 1. The molecule has 13 nitrogen and oxygen atoms in total. The Balaban J connectivity index is 1.63. The normalized spacial score (nSPS) is 24.7. The van der Waals surface area contributed by atoms with Crippen molar-refractivity contribution in [1.29, 1.82) is 0 Å². The Hall–Kier alpha value is -3.33. The number of aliphatic carboxylic acids is 1. The van der Waals surface area contributed by atoms with E-state index in [4.69, 9.17) is 10.5 Å². The van der Waals surface area contributed by atoms with Crippen molar-refractivity contribution >= 4 is 57.8 Å². The van der Waals surface area contributed by atoms with Crippen LogP contribution in [0, 0.1) is 5.41 Å². The lowest BCUT2D eigenvalue weighted by Gasteiger charge is -2.53. The van der Waals surface area contributed by atoms with Crippen molar-refractivity contribution in [2.24, 2.45) is 10.6 Å². The van der Waals surface area contributed by atoms with E-state index < -0.39 is 40.7 Å². The van der Waals surface area contributed by atoms with Gasteiger partial charge in [-0.2, -0.15) is 0 Å². The number of oxime groups is 1. The van der Waals surface area contributed by atoms with Crippen molar-refractivity contribution in [1.82, 2.24) is 20.1 Å². The van der Waals surface area contributed by atoms with E-state index in [0.29, 0.717) is 0 Å². The second kappa shape index (κ2) is 9.66. The fraction of sp³-hybridized carbons (Fsp3) is 0.444. The number of carboxylic acids is 1. The van der Waals surface area contributed by atoms with Crippen LogP contribution in [0.25, 0.3) is 0 Å². The summed E-state index contributed by atoms with van der Waals surface area (Å²) in [6, 6.07) is -0.910. The third kappa shape index (κ3) is 4.88. The summed E-state index contributed by atoms with van der Waals surface area (Å²) in [6.45, 7) is -0.218. The molecule has 2 fully saturated rings. The number of carbonyl (C=O) groups excluding carboxylic acids is 3. The molecular formula is C18H22N6O7S2. The van der Waals surface area contributed by atoms with Crippen LogP contribution in [-0.4, -0.2) is 99.1 Å². The van der Waals surface area contributed by atoms with Crippen LogP contribution in [0.3, 0.4) is 0 Å². The highest BCUT2D eigenvalue weighted by atomic mass is 32.2. The first-order chi connectivity index (χ1) is 15.6. The van der Waals surface area contributed by atoms with Gasteiger partial charge in [-0.3, -0.25) is 14.4 Å². The maximum absolute atomic E-state index is 12.7. The summed E-state index contributed by atoms with van der Waals surface area (Å²) in [6.07, 6.45) is 2.29. The summed E-state index contributed by atoms with van der Waals surface area (Å²) in [7, 11) is 3.05. The number of anilines is 1. The number of nitrogens with two attached hydrogens (primary N) is 1. The number of amides is 3. The summed E-state index contributed by atoms with van der Waals surface area (Å²) < 4.78 is 4.96. The third-order valence-corrected chi connectivity index (χ3v) is 7.23. The van der Waals surface area contributed by atoms with Crippen molar-refractivity contribution in [2.45, 2.75) is 11.4 Å². The molecule has 1 aromatic rings. The summed E-state index contributed by atoms with van der Waals surface area (Å²) in [4.78, 5) is 55.1. The number of hydrogen-bond donors (Lipinski definition) is 4. The zero-order valence-corrected chi connectivity index (χ0v) is 19.3. The first-order valence-corrected chi connectivity index (χ1v) is 11.4. The van der Waals surface area contributed by atoms with Crippen LogP contribution in [0.5, 0.6) is 0 Å². The minimum absolute atomic E-state index is 0.0717. The Morgan fingerprint density at radius 1 is 1.48 bits per heavy atom. The highest BCUT2D eigenvalue weighted by molar-refractivity contribution is 8.00. The van der Waals surface area contributed by atoms with Gasteiger partial charge in [0.2, 0.25) is 5.91 Å². The predicted octanol–water partition coefficient (Wildman–Crippen LogP) is -0.371. The van der Waals surface area contributed by atoms with Crippen molar-refractivity contribution in [2.75, 3.05) is 38.7 Å². The topological polar surface area (TPSA) is 188 Å². The standard InChI is InChI=1S/C18H22N6O7S2/c1-23(2)17(29)31-5-3-4-18(15(27)28)7-24-13(26)11(14(24)33-8-18)21-12(25)10(22-30)9-6-32-16(19)20-9/h3-4,6,11,14,30H,5,7-8H2,1-2H3,(H2,19,20)(H,21,25)(H,27,28)/t11?,14-,18?/m1/s1. The van der Waals surface area contributed by atoms with Crippen LogP contribution in [0.1, 0.15) is 5.69 Å². The van der Waals surface area contributed by atoms with Crippen LogP contribution in [0.2, 0.25) is 0 Å². The number of nitrogens with one attached hydrogen (secondary N) is 1. The van der Waals surface area contributed by atoms with E-state index in [1.807, 2.05) is 0 Å². The van der Waals surface area contributed by atoms with Gasteiger partial charge in [-0.1, -0.05) is 11.2 Å². The first kappa shape index (κ1) is 24.3. The average molecular weight is 499 g/mol. The first-order valence-electron chi connectivity index (χ1n) is 9.51. The minimum atomic E-state index is -1.37. The van der Waals surface area contributed by atoms with Gasteiger partial charge in [-0.25, -0.2) is 9.78 Å². The largest absolute Gasteiger partial charge is 0.481 e. The quantitative estimate of drug-likeness (QED) is 0.127. The number of fused-ring (bicyclic) bond motifs is 1. The molecule has 0 aliphatic carbocycles. The van der Waals surface area contributed by atoms with Gasteiger partial charge in [0, 0.05) is 31.8 Å². The second-order valence-corrected chi connectivity index (χ2v) is 9.47. The molecule has 33 heavy (non-hydrogen) atoms. The van der Waals surface area contributed by atoms with E-state index in [1.54, 1.807) is 0 Å². The average Bonchev–Trinajstić information content (AvgIpc) is 3.20. The number of nitrogens with zero attached hydrogens (tertiary/aromatic N) is 4. The number of nitrogen functional groups attached to an aromatic ring is 1. The van der Waals surface area contributed by atoms with Crippen LogP contribution in [0.15, 0.2) is 22.7 Å². The van der Waals surface area contributed by atoms with Gasteiger partial charge in [0.1, 0.15) is 29.1 Å².